The van der Waals surface area contributed by atoms with Gasteiger partial charge in [-0.05, 0) is 42.3 Å². The van der Waals surface area contributed by atoms with Crippen molar-refractivity contribution in [1.29, 1.82) is 0 Å². The zero-order chi connectivity index (χ0) is 16.7. The average Bonchev–Trinajstić information content (AvgIpc) is 2.58. The monoisotopic (exact) mass is 374 g/mol. The lowest BCUT2D eigenvalue weighted by Gasteiger charge is -2.07. The van der Waals surface area contributed by atoms with Gasteiger partial charge in [0.1, 0.15) is 5.75 Å². The Morgan fingerprint density at radius 3 is 2.57 bits per heavy atom. The van der Waals surface area contributed by atoms with Gasteiger partial charge in [0.15, 0.2) is 5.78 Å². The molecule has 0 aromatic heterocycles. The van der Waals surface area contributed by atoms with Crippen LogP contribution in [0.15, 0.2) is 46.9 Å². The lowest BCUT2D eigenvalue weighted by molar-refractivity contribution is 0.0971. The van der Waals surface area contributed by atoms with Crippen LogP contribution in [0, 0.1) is 0 Å². The smallest absolute Gasteiger partial charge is 0.162 e. The van der Waals surface area contributed by atoms with E-state index in [0.717, 1.165) is 21.3 Å². The summed E-state index contributed by atoms with van der Waals surface area (Å²) >= 11 is 3.41. The van der Waals surface area contributed by atoms with Gasteiger partial charge >= 0.3 is 0 Å². The van der Waals surface area contributed by atoms with Crippen molar-refractivity contribution in [2.75, 3.05) is 13.7 Å². The van der Waals surface area contributed by atoms with Crippen molar-refractivity contribution < 1.29 is 14.6 Å². The molecule has 0 radical (unpaired) electrons. The minimum absolute atomic E-state index is 0.0260. The molecule has 0 heterocycles. The molecule has 2 aromatic rings. The van der Waals surface area contributed by atoms with Crippen molar-refractivity contribution in [1.82, 2.24) is 0 Å². The number of halogens is 1. The highest BCUT2D eigenvalue weighted by Gasteiger charge is 2.08. The fraction of sp³-hybridized carbons (Fsp3) is 0.211. The van der Waals surface area contributed by atoms with Crippen LogP contribution in [0.1, 0.15) is 34.3 Å². The van der Waals surface area contributed by atoms with Crippen LogP contribution in [0.25, 0.3) is 12.2 Å². The molecule has 120 valence electrons. The van der Waals surface area contributed by atoms with Crippen LogP contribution in [0.4, 0.5) is 0 Å². The van der Waals surface area contributed by atoms with Crippen LogP contribution in [0.3, 0.4) is 0 Å². The van der Waals surface area contributed by atoms with E-state index in [1.54, 1.807) is 19.2 Å². The van der Waals surface area contributed by atoms with Gasteiger partial charge < -0.3 is 9.84 Å². The average molecular weight is 375 g/mol. The molecule has 23 heavy (non-hydrogen) atoms. The van der Waals surface area contributed by atoms with Gasteiger partial charge in [0.25, 0.3) is 0 Å². The second kappa shape index (κ2) is 8.65. The maximum Gasteiger partial charge on any atom is 0.162 e. The summed E-state index contributed by atoms with van der Waals surface area (Å²) in [6.07, 6.45) is 4.74. The summed E-state index contributed by atoms with van der Waals surface area (Å²) in [4.78, 5) is 12.1. The van der Waals surface area contributed by atoms with Crippen LogP contribution < -0.4 is 4.74 Å². The number of methoxy groups -OCH3 is 1. The van der Waals surface area contributed by atoms with Crippen LogP contribution in [-0.4, -0.2) is 24.6 Å². The number of carbonyl (C=O) groups is 1. The standard InChI is InChI=1S/C19H19BrO3/c1-23-19-11-8-15(18(22)3-2-12-21)13-16(19)7-4-14-5-9-17(20)10-6-14/h4-11,13,21H,2-3,12H2,1H3/b7-4+. The van der Waals surface area contributed by atoms with Gasteiger partial charge in [0.2, 0.25) is 0 Å². The zero-order valence-electron chi connectivity index (χ0n) is 13.0. The topological polar surface area (TPSA) is 46.5 Å². The third-order valence-electron chi connectivity index (χ3n) is 3.44. The minimum atomic E-state index is 0.0260. The number of aliphatic hydroxyl groups excluding tert-OH is 1. The van der Waals surface area contributed by atoms with Gasteiger partial charge in [-0.1, -0.05) is 40.2 Å². The first-order valence-corrected chi connectivity index (χ1v) is 8.19. The highest BCUT2D eigenvalue weighted by Crippen LogP contribution is 2.23. The number of hydrogen-bond acceptors (Lipinski definition) is 3. The first kappa shape index (κ1) is 17.4. The van der Waals surface area contributed by atoms with E-state index >= 15 is 0 Å². The summed E-state index contributed by atoms with van der Waals surface area (Å²) in [6, 6.07) is 13.3. The Bertz CT molecular complexity index is 690. The summed E-state index contributed by atoms with van der Waals surface area (Å²) in [5.74, 6) is 0.747. The fourth-order valence-corrected chi connectivity index (χ4v) is 2.45. The molecule has 0 bridgehead atoms. The highest BCUT2D eigenvalue weighted by atomic mass is 79.9. The molecule has 0 fully saturated rings. The summed E-state index contributed by atoms with van der Waals surface area (Å²) in [5, 5.41) is 8.84. The first-order valence-electron chi connectivity index (χ1n) is 7.40. The van der Waals surface area contributed by atoms with E-state index < -0.39 is 0 Å². The van der Waals surface area contributed by atoms with E-state index in [1.807, 2.05) is 42.5 Å². The maximum atomic E-state index is 12.1. The normalized spacial score (nSPS) is 10.9. The lowest BCUT2D eigenvalue weighted by atomic mass is 10.0. The number of rotatable bonds is 7. The lowest BCUT2D eigenvalue weighted by Crippen LogP contribution is -2.01. The maximum absolute atomic E-state index is 12.1. The molecular weight excluding hydrogens is 356 g/mol. The van der Waals surface area contributed by atoms with Crippen molar-refractivity contribution in [2.45, 2.75) is 12.8 Å². The Morgan fingerprint density at radius 1 is 1.17 bits per heavy atom. The highest BCUT2D eigenvalue weighted by molar-refractivity contribution is 9.10. The number of ketones is 1. The van der Waals surface area contributed by atoms with E-state index in [1.165, 1.54) is 0 Å². The van der Waals surface area contributed by atoms with Gasteiger partial charge in [-0.3, -0.25) is 4.79 Å². The third kappa shape index (κ3) is 5.05. The van der Waals surface area contributed by atoms with Crippen LogP contribution in [-0.2, 0) is 0 Å². The van der Waals surface area contributed by atoms with Crippen molar-refractivity contribution in [3.05, 3.63) is 63.6 Å². The Kier molecular flexibility index (Phi) is 6.56. The third-order valence-corrected chi connectivity index (χ3v) is 3.97. The second-order valence-electron chi connectivity index (χ2n) is 5.09. The van der Waals surface area contributed by atoms with Gasteiger partial charge in [0.05, 0.1) is 7.11 Å². The molecule has 2 aromatic carbocycles. The molecule has 0 atom stereocenters. The van der Waals surface area contributed by atoms with Gasteiger partial charge in [-0.25, -0.2) is 0 Å². The molecule has 2 rings (SSSR count). The van der Waals surface area contributed by atoms with Crippen LogP contribution in [0.2, 0.25) is 0 Å². The van der Waals surface area contributed by atoms with Crippen molar-refractivity contribution in [2.24, 2.45) is 0 Å². The van der Waals surface area contributed by atoms with Gasteiger partial charge in [-0.2, -0.15) is 0 Å². The molecule has 0 spiro atoms. The molecule has 0 unspecified atom stereocenters. The Balaban J connectivity index is 2.24. The van der Waals surface area contributed by atoms with Gasteiger partial charge in [0, 0.05) is 28.6 Å². The number of carbonyl (C=O) groups excluding carboxylic acids is 1. The summed E-state index contributed by atoms with van der Waals surface area (Å²) in [7, 11) is 1.61. The number of aliphatic hydroxyl groups is 1. The van der Waals surface area contributed by atoms with E-state index in [9.17, 15) is 4.79 Å². The number of ether oxygens (including phenoxy) is 1. The SMILES string of the molecule is COc1ccc(C(=O)CCCO)cc1/C=C/c1ccc(Br)cc1. The number of benzene rings is 2. The molecule has 0 amide bonds. The van der Waals surface area contributed by atoms with E-state index in [0.29, 0.717) is 18.4 Å². The summed E-state index contributed by atoms with van der Waals surface area (Å²) < 4.78 is 6.39. The van der Waals surface area contributed by atoms with E-state index in [2.05, 4.69) is 15.9 Å². The summed E-state index contributed by atoms with van der Waals surface area (Å²) in [6.45, 7) is 0.0260. The van der Waals surface area contributed by atoms with Crippen molar-refractivity contribution >= 4 is 33.9 Å². The fourth-order valence-electron chi connectivity index (χ4n) is 2.18. The molecule has 0 aliphatic carbocycles. The largest absolute Gasteiger partial charge is 0.496 e. The number of hydrogen-bond donors (Lipinski definition) is 1. The summed E-state index contributed by atoms with van der Waals surface area (Å²) in [5.41, 5.74) is 2.55. The predicted octanol–water partition coefficient (Wildman–Crippen LogP) is 4.58. The molecule has 0 saturated heterocycles. The second-order valence-corrected chi connectivity index (χ2v) is 6.01. The molecule has 4 heteroatoms. The first-order chi connectivity index (χ1) is 11.1. The molecule has 0 aliphatic heterocycles. The van der Waals surface area contributed by atoms with Crippen LogP contribution >= 0.6 is 15.9 Å². The van der Waals surface area contributed by atoms with Crippen molar-refractivity contribution in [3.63, 3.8) is 0 Å². The van der Waals surface area contributed by atoms with Crippen molar-refractivity contribution in [3.8, 4) is 5.75 Å². The molecule has 1 N–H and O–H groups in total. The Morgan fingerprint density at radius 2 is 1.91 bits per heavy atom. The van der Waals surface area contributed by atoms with E-state index in [4.69, 9.17) is 9.84 Å². The molecule has 3 nitrogen and oxygen atoms in total. The molecule has 0 saturated carbocycles. The minimum Gasteiger partial charge on any atom is -0.496 e. The van der Waals surface area contributed by atoms with Gasteiger partial charge in [-0.15, -0.1) is 0 Å². The van der Waals surface area contributed by atoms with Crippen LogP contribution in [0.5, 0.6) is 5.75 Å². The van der Waals surface area contributed by atoms with E-state index in [-0.39, 0.29) is 12.4 Å². The Labute approximate surface area is 144 Å². The Hall–Kier alpha value is -1.91. The quantitative estimate of drug-likeness (QED) is 0.569. The molecule has 0 aliphatic rings. The predicted molar refractivity (Wildman–Crippen MR) is 96.7 cm³/mol. The zero-order valence-corrected chi connectivity index (χ0v) is 14.5. The number of Topliss-reactive ketones (excluding diaryl/α,β-unsaturated/α-hetero) is 1. The molecular formula is C19H19BrO3.